The zero-order valence-corrected chi connectivity index (χ0v) is 15.0. The van der Waals surface area contributed by atoms with Crippen LogP contribution < -0.4 is 10.1 Å². The van der Waals surface area contributed by atoms with Gasteiger partial charge in [0.15, 0.2) is 0 Å². The van der Waals surface area contributed by atoms with Crippen molar-refractivity contribution in [2.24, 2.45) is 0 Å². The van der Waals surface area contributed by atoms with Gasteiger partial charge in [0, 0.05) is 22.6 Å². The standard InChI is InChI=1S/C22H20N2O2/c1-13-11-14(2)23-20(13)12-18-21-17(5-4-6-19(21)24-22(18)25)15-7-9-16(26-3)10-8-15/h4-12,23H,1-3H3,(H,24,25). The number of carbonyl (C=O) groups is 1. The van der Waals surface area contributed by atoms with E-state index in [9.17, 15) is 4.79 Å². The van der Waals surface area contributed by atoms with Crippen LogP contribution in [0.25, 0.3) is 22.8 Å². The maximum Gasteiger partial charge on any atom is 0.256 e. The van der Waals surface area contributed by atoms with Crippen LogP contribution in [0.2, 0.25) is 0 Å². The topological polar surface area (TPSA) is 54.1 Å². The van der Waals surface area contributed by atoms with Gasteiger partial charge in [0.25, 0.3) is 5.91 Å². The fourth-order valence-electron chi connectivity index (χ4n) is 3.44. The van der Waals surface area contributed by atoms with Crippen molar-refractivity contribution in [3.8, 4) is 16.9 Å². The molecular weight excluding hydrogens is 324 g/mol. The Labute approximate surface area is 152 Å². The summed E-state index contributed by atoms with van der Waals surface area (Å²) in [4.78, 5) is 15.9. The van der Waals surface area contributed by atoms with E-state index in [1.165, 1.54) is 0 Å². The zero-order chi connectivity index (χ0) is 18.3. The summed E-state index contributed by atoms with van der Waals surface area (Å²) in [6.07, 6.45) is 1.94. The van der Waals surface area contributed by atoms with Crippen LogP contribution in [0.5, 0.6) is 5.75 Å². The normalized spacial score (nSPS) is 14.4. The van der Waals surface area contributed by atoms with Crippen molar-refractivity contribution in [1.82, 2.24) is 4.98 Å². The predicted molar refractivity (Wildman–Crippen MR) is 105 cm³/mol. The minimum absolute atomic E-state index is 0.0763. The fourth-order valence-corrected chi connectivity index (χ4v) is 3.44. The summed E-state index contributed by atoms with van der Waals surface area (Å²) in [6, 6.07) is 15.9. The number of carbonyl (C=O) groups excluding carboxylic acids is 1. The van der Waals surface area contributed by atoms with Crippen LogP contribution in [-0.4, -0.2) is 18.0 Å². The average Bonchev–Trinajstić information content (AvgIpc) is 3.13. The van der Waals surface area contributed by atoms with E-state index in [1.54, 1.807) is 7.11 Å². The van der Waals surface area contributed by atoms with E-state index in [0.717, 1.165) is 45.1 Å². The third kappa shape index (κ3) is 2.69. The van der Waals surface area contributed by atoms with Gasteiger partial charge >= 0.3 is 0 Å². The number of aryl methyl sites for hydroxylation is 2. The van der Waals surface area contributed by atoms with E-state index in [0.29, 0.717) is 5.57 Å². The van der Waals surface area contributed by atoms with Gasteiger partial charge in [-0.15, -0.1) is 0 Å². The molecule has 0 unspecified atom stereocenters. The first kappa shape index (κ1) is 16.2. The predicted octanol–water partition coefficient (Wildman–Crippen LogP) is 4.80. The Hall–Kier alpha value is -3.27. The highest BCUT2D eigenvalue weighted by molar-refractivity contribution is 6.36. The largest absolute Gasteiger partial charge is 0.497 e. The summed E-state index contributed by atoms with van der Waals surface area (Å²) < 4.78 is 5.25. The lowest BCUT2D eigenvalue weighted by Crippen LogP contribution is -2.03. The average molecular weight is 344 g/mol. The van der Waals surface area contributed by atoms with Gasteiger partial charge in [-0.3, -0.25) is 4.79 Å². The van der Waals surface area contributed by atoms with E-state index in [1.807, 2.05) is 62.4 Å². The van der Waals surface area contributed by atoms with Crippen molar-refractivity contribution in [2.75, 3.05) is 12.4 Å². The van der Waals surface area contributed by atoms with Crippen LogP contribution >= 0.6 is 0 Å². The Balaban J connectivity index is 1.87. The first-order chi connectivity index (χ1) is 12.6. The van der Waals surface area contributed by atoms with Crippen molar-refractivity contribution in [3.63, 3.8) is 0 Å². The van der Waals surface area contributed by atoms with Gasteiger partial charge in [0.2, 0.25) is 0 Å². The first-order valence-corrected chi connectivity index (χ1v) is 8.54. The van der Waals surface area contributed by atoms with Gasteiger partial charge in [0.1, 0.15) is 5.75 Å². The molecule has 0 saturated heterocycles. The summed E-state index contributed by atoms with van der Waals surface area (Å²) in [5.41, 5.74) is 7.70. The molecule has 1 aliphatic heterocycles. The number of aromatic amines is 1. The number of amides is 1. The van der Waals surface area contributed by atoms with Gasteiger partial charge in [0.05, 0.1) is 12.7 Å². The number of benzene rings is 2. The Morgan fingerprint density at radius 3 is 2.46 bits per heavy atom. The molecule has 0 atom stereocenters. The van der Waals surface area contributed by atoms with Crippen LogP contribution in [0.15, 0.2) is 48.5 Å². The van der Waals surface area contributed by atoms with E-state index < -0.39 is 0 Å². The number of H-pyrrole nitrogens is 1. The number of rotatable bonds is 3. The third-order valence-corrected chi connectivity index (χ3v) is 4.71. The van der Waals surface area contributed by atoms with E-state index in [2.05, 4.69) is 16.4 Å². The van der Waals surface area contributed by atoms with Gasteiger partial charge in [-0.2, -0.15) is 0 Å². The Morgan fingerprint density at radius 2 is 1.81 bits per heavy atom. The van der Waals surface area contributed by atoms with Crippen molar-refractivity contribution in [2.45, 2.75) is 13.8 Å². The van der Waals surface area contributed by atoms with E-state index >= 15 is 0 Å². The number of aromatic nitrogens is 1. The smallest absolute Gasteiger partial charge is 0.256 e. The molecule has 1 aromatic heterocycles. The molecule has 26 heavy (non-hydrogen) atoms. The number of ether oxygens (including phenoxy) is 1. The first-order valence-electron chi connectivity index (χ1n) is 8.54. The molecule has 2 aromatic carbocycles. The van der Waals surface area contributed by atoms with Gasteiger partial charge in [-0.1, -0.05) is 24.3 Å². The van der Waals surface area contributed by atoms with Crippen molar-refractivity contribution in [1.29, 1.82) is 0 Å². The van der Waals surface area contributed by atoms with Gasteiger partial charge < -0.3 is 15.0 Å². The number of anilines is 1. The molecule has 0 aliphatic carbocycles. The van der Waals surface area contributed by atoms with Crippen LogP contribution in [0.3, 0.4) is 0 Å². The molecule has 4 heteroatoms. The molecule has 2 heterocycles. The molecule has 1 amide bonds. The summed E-state index contributed by atoms with van der Waals surface area (Å²) in [5.74, 6) is 0.733. The van der Waals surface area contributed by atoms with Crippen molar-refractivity contribution in [3.05, 3.63) is 71.0 Å². The minimum Gasteiger partial charge on any atom is -0.497 e. The van der Waals surface area contributed by atoms with Gasteiger partial charge in [-0.05, 0) is 60.9 Å². The second kappa shape index (κ2) is 6.23. The summed E-state index contributed by atoms with van der Waals surface area (Å²) in [6.45, 7) is 4.06. The molecule has 4 nitrogen and oxygen atoms in total. The SMILES string of the molecule is COc1ccc(-c2cccc3c2C(=Cc2[nH]c(C)cc2C)C(=O)N3)cc1. The molecule has 2 N–H and O–H groups in total. The lowest BCUT2D eigenvalue weighted by Gasteiger charge is -2.09. The minimum atomic E-state index is -0.0763. The van der Waals surface area contributed by atoms with Crippen LogP contribution in [0, 0.1) is 13.8 Å². The van der Waals surface area contributed by atoms with Crippen LogP contribution in [0.1, 0.15) is 22.5 Å². The van der Waals surface area contributed by atoms with E-state index in [4.69, 9.17) is 4.74 Å². The quantitative estimate of drug-likeness (QED) is 0.671. The van der Waals surface area contributed by atoms with Crippen LogP contribution in [0.4, 0.5) is 5.69 Å². The number of methoxy groups -OCH3 is 1. The molecule has 0 bridgehead atoms. The van der Waals surface area contributed by atoms with Gasteiger partial charge in [-0.25, -0.2) is 0 Å². The molecule has 3 aromatic rings. The Kier molecular flexibility index (Phi) is 3.88. The highest BCUT2D eigenvalue weighted by Crippen LogP contribution is 2.40. The molecule has 0 saturated carbocycles. The highest BCUT2D eigenvalue weighted by Gasteiger charge is 2.27. The monoisotopic (exact) mass is 344 g/mol. The third-order valence-electron chi connectivity index (χ3n) is 4.71. The molecule has 4 rings (SSSR count). The summed E-state index contributed by atoms with van der Waals surface area (Å²) in [7, 11) is 1.65. The molecule has 0 radical (unpaired) electrons. The Bertz CT molecular complexity index is 1030. The number of nitrogens with one attached hydrogen (secondary N) is 2. The molecule has 1 aliphatic rings. The summed E-state index contributed by atoms with van der Waals surface area (Å²) >= 11 is 0. The zero-order valence-electron chi connectivity index (χ0n) is 15.0. The molecular formula is C22H20N2O2. The second-order valence-electron chi connectivity index (χ2n) is 6.52. The summed E-state index contributed by atoms with van der Waals surface area (Å²) in [5, 5.41) is 2.98. The van der Waals surface area contributed by atoms with Crippen molar-refractivity contribution >= 4 is 23.2 Å². The number of fused-ring (bicyclic) bond motifs is 1. The lowest BCUT2D eigenvalue weighted by atomic mass is 9.94. The molecule has 0 spiro atoms. The van der Waals surface area contributed by atoms with E-state index in [-0.39, 0.29) is 5.91 Å². The second-order valence-corrected chi connectivity index (χ2v) is 6.52. The number of hydrogen-bond acceptors (Lipinski definition) is 2. The molecule has 0 fully saturated rings. The van der Waals surface area contributed by atoms with Crippen molar-refractivity contribution < 1.29 is 9.53 Å². The molecule has 130 valence electrons. The highest BCUT2D eigenvalue weighted by atomic mass is 16.5. The Morgan fingerprint density at radius 1 is 1.04 bits per heavy atom. The maximum absolute atomic E-state index is 12.6. The maximum atomic E-state index is 12.6. The number of hydrogen-bond donors (Lipinski definition) is 2. The van der Waals surface area contributed by atoms with Crippen LogP contribution in [-0.2, 0) is 4.79 Å². The lowest BCUT2D eigenvalue weighted by molar-refractivity contribution is -0.110. The fraction of sp³-hybridized carbons (Fsp3) is 0.136.